The molecular formula is C19H33N5O2. The van der Waals surface area contributed by atoms with Crippen molar-refractivity contribution >= 4 is 17.7 Å². The molecule has 0 aliphatic rings. The lowest BCUT2D eigenvalue weighted by atomic mass is 10.0. The van der Waals surface area contributed by atoms with Crippen LogP contribution in [0.1, 0.15) is 39.3 Å². The van der Waals surface area contributed by atoms with E-state index in [9.17, 15) is 4.79 Å². The third-order valence-corrected chi connectivity index (χ3v) is 3.87. The van der Waals surface area contributed by atoms with Crippen molar-refractivity contribution in [2.45, 2.75) is 46.6 Å². The molecule has 0 fully saturated rings. The number of pyridine rings is 1. The van der Waals surface area contributed by atoms with Crippen LogP contribution in [0.2, 0.25) is 0 Å². The van der Waals surface area contributed by atoms with E-state index in [-0.39, 0.29) is 12.0 Å². The zero-order valence-corrected chi connectivity index (χ0v) is 16.6. The van der Waals surface area contributed by atoms with Crippen LogP contribution in [0, 0.1) is 12.8 Å². The number of aryl methyl sites for hydroxylation is 1. The van der Waals surface area contributed by atoms with Gasteiger partial charge in [0.15, 0.2) is 5.96 Å². The third kappa shape index (κ3) is 8.80. The molecule has 1 aromatic heterocycles. The van der Waals surface area contributed by atoms with Gasteiger partial charge < -0.3 is 20.7 Å². The van der Waals surface area contributed by atoms with Gasteiger partial charge in [-0.15, -0.1) is 0 Å². The van der Waals surface area contributed by atoms with Gasteiger partial charge in [0, 0.05) is 38.9 Å². The Morgan fingerprint density at radius 2 is 2.00 bits per heavy atom. The minimum Gasteiger partial charge on any atom is -0.378 e. The van der Waals surface area contributed by atoms with Gasteiger partial charge in [0.25, 0.3) is 0 Å². The second kappa shape index (κ2) is 12.2. The minimum absolute atomic E-state index is 0.0812. The number of anilines is 1. The molecular weight excluding hydrogens is 330 g/mol. The van der Waals surface area contributed by atoms with Gasteiger partial charge in [0.1, 0.15) is 5.82 Å². The Hall–Kier alpha value is -2.15. The summed E-state index contributed by atoms with van der Waals surface area (Å²) in [5, 5.41) is 9.20. The number of hydrogen-bond donors (Lipinski definition) is 3. The first-order valence-electron chi connectivity index (χ1n) is 9.25. The molecule has 0 bridgehead atoms. The van der Waals surface area contributed by atoms with Gasteiger partial charge in [0.05, 0.1) is 6.10 Å². The summed E-state index contributed by atoms with van der Waals surface area (Å²) in [6.07, 6.45) is 1.48. The molecule has 0 spiro atoms. The number of nitrogens with one attached hydrogen (secondary N) is 3. The number of carbonyl (C=O) groups is 1. The summed E-state index contributed by atoms with van der Waals surface area (Å²) in [7, 11) is 1.72. The van der Waals surface area contributed by atoms with Crippen LogP contribution in [0.5, 0.6) is 0 Å². The first kappa shape index (κ1) is 21.9. The van der Waals surface area contributed by atoms with Crippen molar-refractivity contribution in [3.05, 3.63) is 23.9 Å². The molecule has 3 N–H and O–H groups in total. The Balaban J connectivity index is 2.28. The fraction of sp³-hybridized carbons (Fsp3) is 0.632. The molecule has 0 saturated carbocycles. The summed E-state index contributed by atoms with van der Waals surface area (Å²) < 4.78 is 5.74. The van der Waals surface area contributed by atoms with Crippen molar-refractivity contribution in [3.63, 3.8) is 0 Å². The summed E-state index contributed by atoms with van der Waals surface area (Å²) in [6, 6.07) is 5.54. The number of rotatable bonds is 10. The van der Waals surface area contributed by atoms with Crippen LogP contribution >= 0.6 is 0 Å². The molecule has 1 rings (SSSR count). The molecule has 0 saturated heterocycles. The van der Waals surface area contributed by atoms with Gasteiger partial charge in [-0.1, -0.05) is 19.9 Å². The SMILES string of the molecule is CCOC(CCNC(=NC)NCCC(=O)Nc1cccc(C)n1)C(C)C. The molecule has 1 unspecified atom stereocenters. The second-order valence-electron chi connectivity index (χ2n) is 6.41. The van der Waals surface area contributed by atoms with E-state index in [0.717, 1.165) is 25.3 Å². The quantitative estimate of drug-likeness (QED) is 0.439. The Morgan fingerprint density at radius 3 is 2.62 bits per heavy atom. The minimum atomic E-state index is -0.0812. The van der Waals surface area contributed by atoms with Gasteiger partial charge in [-0.2, -0.15) is 0 Å². The number of hydrogen-bond acceptors (Lipinski definition) is 4. The molecule has 1 atom stereocenters. The second-order valence-corrected chi connectivity index (χ2v) is 6.41. The highest BCUT2D eigenvalue weighted by atomic mass is 16.5. The standard InChI is InChI=1S/C19H33N5O2/c1-6-26-16(14(2)3)10-12-21-19(20-5)22-13-11-18(25)24-17-9-7-8-15(4)23-17/h7-9,14,16H,6,10-13H2,1-5H3,(H2,20,21,22)(H,23,24,25). The fourth-order valence-corrected chi connectivity index (χ4v) is 2.49. The molecule has 7 nitrogen and oxygen atoms in total. The highest BCUT2D eigenvalue weighted by Crippen LogP contribution is 2.09. The van der Waals surface area contributed by atoms with Crippen LogP contribution in [0.4, 0.5) is 5.82 Å². The van der Waals surface area contributed by atoms with E-state index in [0.29, 0.717) is 30.7 Å². The zero-order chi connectivity index (χ0) is 19.4. The Morgan fingerprint density at radius 1 is 1.27 bits per heavy atom. The Kier molecular flexibility index (Phi) is 10.3. The van der Waals surface area contributed by atoms with E-state index in [1.165, 1.54) is 0 Å². The smallest absolute Gasteiger partial charge is 0.227 e. The van der Waals surface area contributed by atoms with Crippen LogP contribution in [0.3, 0.4) is 0 Å². The molecule has 0 radical (unpaired) electrons. The largest absolute Gasteiger partial charge is 0.378 e. The zero-order valence-electron chi connectivity index (χ0n) is 16.6. The summed E-state index contributed by atoms with van der Waals surface area (Å²) >= 11 is 0. The number of aromatic nitrogens is 1. The van der Waals surface area contributed by atoms with E-state index in [1.807, 2.05) is 26.0 Å². The Bertz CT molecular complexity index is 575. The molecule has 1 aromatic rings. The number of ether oxygens (including phenoxy) is 1. The van der Waals surface area contributed by atoms with Gasteiger partial charge in [0.2, 0.25) is 5.91 Å². The molecule has 26 heavy (non-hydrogen) atoms. The lowest BCUT2D eigenvalue weighted by Crippen LogP contribution is -2.40. The topological polar surface area (TPSA) is 87.6 Å². The average molecular weight is 364 g/mol. The van der Waals surface area contributed by atoms with E-state index in [2.05, 4.69) is 39.8 Å². The normalized spacial score (nSPS) is 12.8. The number of aliphatic imine (C=N–C) groups is 1. The highest BCUT2D eigenvalue weighted by molar-refractivity contribution is 5.90. The van der Waals surface area contributed by atoms with Gasteiger partial charge in [-0.05, 0) is 38.3 Å². The van der Waals surface area contributed by atoms with Crippen LogP contribution in [0.15, 0.2) is 23.2 Å². The maximum atomic E-state index is 12.0. The summed E-state index contributed by atoms with van der Waals surface area (Å²) in [5.74, 6) is 1.66. The van der Waals surface area contributed by atoms with Crippen molar-refractivity contribution in [2.24, 2.45) is 10.9 Å². The Labute approximate surface area is 157 Å². The number of guanidine groups is 1. The van der Waals surface area contributed by atoms with Crippen LogP contribution in [-0.4, -0.2) is 49.7 Å². The maximum absolute atomic E-state index is 12.0. The van der Waals surface area contributed by atoms with Crippen molar-refractivity contribution in [2.75, 3.05) is 32.1 Å². The van der Waals surface area contributed by atoms with Crippen molar-refractivity contribution in [3.8, 4) is 0 Å². The summed E-state index contributed by atoms with van der Waals surface area (Å²) in [5.41, 5.74) is 0.872. The van der Waals surface area contributed by atoms with Crippen molar-refractivity contribution < 1.29 is 9.53 Å². The van der Waals surface area contributed by atoms with Crippen LogP contribution in [-0.2, 0) is 9.53 Å². The van der Waals surface area contributed by atoms with Gasteiger partial charge in [-0.3, -0.25) is 9.79 Å². The maximum Gasteiger partial charge on any atom is 0.227 e. The van der Waals surface area contributed by atoms with E-state index >= 15 is 0 Å². The molecule has 0 aromatic carbocycles. The number of nitrogens with zero attached hydrogens (tertiary/aromatic N) is 2. The van der Waals surface area contributed by atoms with E-state index < -0.39 is 0 Å². The first-order valence-corrected chi connectivity index (χ1v) is 9.25. The van der Waals surface area contributed by atoms with E-state index in [4.69, 9.17) is 4.74 Å². The fourth-order valence-electron chi connectivity index (χ4n) is 2.49. The molecule has 1 amide bonds. The lowest BCUT2D eigenvalue weighted by Gasteiger charge is -2.21. The van der Waals surface area contributed by atoms with Crippen molar-refractivity contribution in [1.29, 1.82) is 0 Å². The number of amides is 1. The average Bonchev–Trinajstić information content (AvgIpc) is 2.59. The molecule has 146 valence electrons. The predicted molar refractivity (Wildman–Crippen MR) is 106 cm³/mol. The first-order chi connectivity index (χ1) is 12.5. The number of carbonyl (C=O) groups excluding carboxylic acids is 1. The van der Waals surface area contributed by atoms with Crippen LogP contribution < -0.4 is 16.0 Å². The molecule has 0 aliphatic carbocycles. The monoisotopic (exact) mass is 363 g/mol. The van der Waals surface area contributed by atoms with E-state index in [1.54, 1.807) is 13.1 Å². The molecule has 1 heterocycles. The summed E-state index contributed by atoms with van der Waals surface area (Å²) in [6.45, 7) is 10.2. The highest BCUT2D eigenvalue weighted by Gasteiger charge is 2.13. The predicted octanol–water partition coefficient (Wildman–Crippen LogP) is 2.33. The third-order valence-electron chi connectivity index (χ3n) is 3.87. The van der Waals surface area contributed by atoms with Crippen molar-refractivity contribution in [1.82, 2.24) is 15.6 Å². The molecule has 7 heteroatoms. The summed E-state index contributed by atoms with van der Waals surface area (Å²) in [4.78, 5) is 20.4. The van der Waals surface area contributed by atoms with Gasteiger partial charge >= 0.3 is 0 Å². The lowest BCUT2D eigenvalue weighted by molar-refractivity contribution is -0.116. The molecule has 0 aliphatic heterocycles. The van der Waals surface area contributed by atoms with Gasteiger partial charge in [-0.25, -0.2) is 4.98 Å². The van der Waals surface area contributed by atoms with Crippen LogP contribution in [0.25, 0.3) is 0 Å².